The maximum absolute atomic E-state index is 14.5. The Morgan fingerprint density at radius 1 is 0.930 bits per heavy atom. The van der Waals surface area contributed by atoms with Crippen LogP contribution in [0.25, 0.3) is 0 Å². The monoisotopic (exact) mass is 639 g/mol. The number of aliphatic hydroxyl groups is 1. The Morgan fingerprint density at radius 3 is 2.30 bits per heavy atom. The number of amides is 1. The van der Waals surface area contributed by atoms with Crippen molar-refractivity contribution in [2.24, 2.45) is 4.99 Å². The number of hydrazine groups is 1. The summed E-state index contributed by atoms with van der Waals surface area (Å²) < 4.78 is 13.2. The van der Waals surface area contributed by atoms with Crippen LogP contribution in [0.15, 0.2) is 113 Å². The number of benzene rings is 4. The van der Waals surface area contributed by atoms with Gasteiger partial charge in [-0.1, -0.05) is 88.7 Å². The van der Waals surface area contributed by atoms with Crippen LogP contribution in [0.3, 0.4) is 0 Å². The standard InChI is InChI=1S/C35H34BrN3O4/c36-31-14-7-6-13-28(31)23-35(34(41)39-38-29-21-26-11-4-5-12-27(26)22-29)32(24-9-2-1-3-10-24)43-33(37-35)25-15-17-30(18-16-25)42-20-8-19-40/h1-7,9-18,29,32,38,40H,8,19-23H2,(H,39,41)/t32-,35-/m0/s1. The molecule has 0 unspecified atom stereocenters. The number of ether oxygens (including phenoxy) is 2. The van der Waals surface area contributed by atoms with Crippen LogP contribution in [0, 0.1) is 0 Å². The Labute approximate surface area is 260 Å². The second-order valence-corrected chi connectivity index (χ2v) is 11.8. The van der Waals surface area contributed by atoms with Gasteiger partial charge in [0, 0.05) is 35.5 Å². The molecule has 43 heavy (non-hydrogen) atoms. The third-order valence-corrected chi connectivity index (χ3v) is 8.76. The predicted octanol–water partition coefficient (Wildman–Crippen LogP) is 5.50. The molecule has 220 valence electrons. The Kier molecular flexibility index (Phi) is 8.88. The highest BCUT2D eigenvalue weighted by molar-refractivity contribution is 9.10. The summed E-state index contributed by atoms with van der Waals surface area (Å²) in [6, 6.07) is 33.6. The smallest absolute Gasteiger partial charge is 0.266 e. The average molecular weight is 641 g/mol. The normalized spacial score (nSPS) is 19.4. The van der Waals surface area contributed by atoms with Crippen molar-refractivity contribution in [1.82, 2.24) is 10.9 Å². The van der Waals surface area contributed by atoms with E-state index in [1.807, 2.05) is 78.9 Å². The van der Waals surface area contributed by atoms with E-state index in [4.69, 9.17) is 19.6 Å². The van der Waals surface area contributed by atoms with Gasteiger partial charge in [-0.25, -0.2) is 10.4 Å². The number of hydrogen-bond acceptors (Lipinski definition) is 6. The van der Waals surface area contributed by atoms with E-state index in [0.717, 1.165) is 34.0 Å². The first-order valence-corrected chi connectivity index (χ1v) is 15.4. The maximum atomic E-state index is 14.5. The fourth-order valence-electron chi connectivity index (χ4n) is 5.78. The molecule has 0 bridgehead atoms. The first kappa shape index (κ1) is 29.1. The first-order valence-electron chi connectivity index (χ1n) is 14.6. The number of rotatable bonds is 11. The number of halogens is 1. The second-order valence-electron chi connectivity index (χ2n) is 10.9. The molecule has 3 N–H and O–H groups in total. The summed E-state index contributed by atoms with van der Waals surface area (Å²) in [6.45, 7) is 0.505. The number of carbonyl (C=O) groups excluding carboxylic acids is 1. The molecule has 2 aliphatic rings. The van der Waals surface area contributed by atoms with Crippen LogP contribution in [0.5, 0.6) is 5.75 Å². The highest BCUT2D eigenvalue weighted by Crippen LogP contribution is 2.43. The minimum Gasteiger partial charge on any atom is -0.494 e. The van der Waals surface area contributed by atoms with Gasteiger partial charge in [0.2, 0.25) is 5.90 Å². The lowest BCUT2D eigenvalue weighted by atomic mass is 9.82. The lowest BCUT2D eigenvalue weighted by Gasteiger charge is -2.31. The van der Waals surface area contributed by atoms with Crippen molar-refractivity contribution in [2.75, 3.05) is 13.2 Å². The van der Waals surface area contributed by atoms with Crippen LogP contribution < -0.4 is 15.6 Å². The molecule has 0 radical (unpaired) electrons. The van der Waals surface area contributed by atoms with Gasteiger partial charge in [0.15, 0.2) is 11.6 Å². The first-order chi connectivity index (χ1) is 21.1. The van der Waals surface area contributed by atoms with Gasteiger partial charge in [-0.2, -0.15) is 0 Å². The Balaban J connectivity index is 1.34. The van der Waals surface area contributed by atoms with Gasteiger partial charge < -0.3 is 14.6 Å². The van der Waals surface area contributed by atoms with E-state index < -0.39 is 11.6 Å². The van der Waals surface area contributed by atoms with Gasteiger partial charge in [-0.3, -0.25) is 10.2 Å². The Morgan fingerprint density at radius 2 is 1.60 bits per heavy atom. The average Bonchev–Trinajstić information content (AvgIpc) is 3.64. The van der Waals surface area contributed by atoms with Crippen LogP contribution in [0.4, 0.5) is 0 Å². The number of nitrogens with zero attached hydrogens (tertiary/aromatic N) is 1. The maximum Gasteiger partial charge on any atom is 0.266 e. The van der Waals surface area contributed by atoms with Crippen molar-refractivity contribution in [3.63, 3.8) is 0 Å². The molecule has 0 fully saturated rings. The van der Waals surface area contributed by atoms with E-state index in [0.29, 0.717) is 31.1 Å². The lowest BCUT2D eigenvalue weighted by Crippen LogP contribution is -2.56. The summed E-state index contributed by atoms with van der Waals surface area (Å²) >= 11 is 3.69. The minimum atomic E-state index is -1.30. The van der Waals surface area contributed by atoms with Gasteiger partial charge >= 0.3 is 0 Å². The zero-order valence-corrected chi connectivity index (χ0v) is 25.3. The van der Waals surface area contributed by atoms with Crippen LogP contribution in [0.1, 0.15) is 40.3 Å². The third kappa shape index (κ3) is 6.37. The molecular formula is C35H34BrN3O4. The molecule has 8 heteroatoms. The van der Waals surface area contributed by atoms with Crippen molar-refractivity contribution in [3.8, 4) is 5.75 Å². The summed E-state index contributed by atoms with van der Waals surface area (Å²) in [7, 11) is 0. The molecule has 1 amide bonds. The molecule has 6 rings (SSSR count). The van der Waals surface area contributed by atoms with E-state index >= 15 is 0 Å². The van der Waals surface area contributed by atoms with Crippen LogP contribution in [-0.4, -0.2) is 41.7 Å². The Hall–Kier alpha value is -3.98. The van der Waals surface area contributed by atoms with E-state index in [-0.39, 0.29) is 18.6 Å². The second kappa shape index (κ2) is 13.1. The van der Waals surface area contributed by atoms with Gasteiger partial charge in [0.25, 0.3) is 5.91 Å². The van der Waals surface area contributed by atoms with Crippen LogP contribution >= 0.6 is 15.9 Å². The van der Waals surface area contributed by atoms with Gasteiger partial charge in [-0.15, -0.1) is 0 Å². The van der Waals surface area contributed by atoms with Crippen molar-refractivity contribution in [2.45, 2.75) is 43.4 Å². The summed E-state index contributed by atoms with van der Waals surface area (Å²) in [6.07, 6.45) is 1.89. The SMILES string of the molecule is O=C(NNC1Cc2ccccc2C1)[C@@]1(Cc2ccccc2Br)N=C(c2ccc(OCCCO)cc2)O[C@H]1c1ccccc1. The third-order valence-electron chi connectivity index (χ3n) is 7.99. The van der Waals surface area contributed by atoms with E-state index in [9.17, 15) is 4.79 Å². The summed E-state index contributed by atoms with van der Waals surface area (Å²) in [4.78, 5) is 19.6. The van der Waals surface area contributed by atoms with Crippen molar-refractivity contribution >= 4 is 27.7 Å². The van der Waals surface area contributed by atoms with Crippen molar-refractivity contribution in [1.29, 1.82) is 0 Å². The minimum absolute atomic E-state index is 0.0772. The molecule has 0 saturated heterocycles. The fourth-order valence-corrected chi connectivity index (χ4v) is 6.20. The zero-order valence-electron chi connectivity index (χ0n) is 23.7. The Bertz CT molecular complexity index is 1570. The molecular weight excluding hydrogens is 606 g/mol. The quantitative estimate of drug-likeness (QED) is 0.149. The topological polar surface area (TPSA) is 92.2 Å². The number of hydrogen-bond donors (Lipinski definition) is 3. The van der Waals surface area contributed by atoms with Gasteiger partial charge in [0.1, 0.15) is 5.75 Å². The predicted molar refractivity (Wildman–Crippen MR) is 170 cm³/mol. The van der Waals surface area contributed by atoms with Gasteiger partial charge in [0.05, 0.1) is 6.61 Å². The number of carbonyl (C=O) groups is 1. The summed E-state index contributed by atoms with van der Waals surface area (Å²) in [5.41, 5.74) is 10.2. The van der Waals surface area contributed by atoms with Crippen LogP contribution in [-0.2, 0) is 28.8 Å². The molecule has 1 aliphatic carbocycles. The lowest BCUT2D eigenvalue weighted by molar-refractivity contribution is -0.130. The molecule has 2 atom stereocenters. The zero-order chi connectivity index (χ0) is 29.6. The molecule has 0 saturated carbocycles. The molecule has 4 aromatic carbocycles. The molecule has 0 spiro atoms. The van der Waals surface area contributed by atoms with Gasteiger partial charge in [-0.05, 0) is 65.4 Å². The molecule has 7 nitrogen and oxygen atoms in total. The van der Waals surface area contributed by atoms with E-state index in [2.05, 4.69) is 51.0 Å². The molecule has 0 aromatic heterocycles. The summed E-state index contributed by atoms with van der Waals surface area (Å²) in [5.74, 6) is 0.827. The van der Waals surface area contributed by atoms with Crippen molar-refractivity contribution < 1.29 is 19.4 Å². The number of aliphatic hydroxyl groups excluding tert-OH is 1. The number of aliphatic imine (C=N–C) groups is 1. The van der Waals surface area contributed by atoms with E-state index in [1.165, 1.54) is 11.1 Å². The highest BCUT2D eigenvalue weighted by Gasteiger charge is 2.53. The number of nitrogens with one attached hydrogen (secondary N) is 2. The van der Waals surface area contributed by atoms with E-state index in [1.54, 1.807) is 0 Å². The fraction of sp³-hybridized carbons (Fsp3) is 0.257. The molecule has 1 aliphatic heterocycles. The van der Waals surface area contributed by atoms with Crippen molar-refractivity contribution in [3.05, 3.63) is 135 Å². The summed E-state index contributed by atoms with van der Waals surface area (Å²) in [5, 5.41) is 9.06. The largest absolute Gasteiger partial charge is 0.494 e. The molecule has 4 aromatic rings. The molecule has 1 heterocycles. The highest BCUT2D eigenvalue weighted by atomic mass is 79.9. The van der Waals surface area contributed by atoms with Crippen LogP contribution in [0.2, 0.25) is 0 Å². The number of fused-ring (bicyclic) bond motifs is 1.